The van der Waals surface area contributed by atoms with Crippen LogP contribution in [-0.2, 0) is 6.42 Å². The van der Waals surface area contributed by atoms with Gasteiger partial charge in [-0.3, -0.25) is 0 Å². The normalized spacial score (nSPS) is 16.1. The molecule has 3 heteroatoms. The summed E-state index contributed by atoms with van der Waals surface area (Å²) in [5, 5.41) is 9.20. The van der Waals surface area contributed by atoms with Crippen LogP contribution in [0.2, 0.25) is 0 Å². The van der Waals surface area contributed by atoms with Crippen LogP contribution in [0, 0.1) is 0 Å². The number of rotatable bonds is 3. The topological polar surface area (TPSA) is 38.7 Å². The number of hydrogen-bond donors (Lipinski definition) is 1. The van der Waals surface area contributed by atoms with E-state index in [2.05, 4.69) is 0 Å². The van der Waals surface area contributed by atoms with Crippen LogP contribution in [0.4, 0.5) is 0 Å². The number of aryl methyl sites for hydroxylation is 1. The number of fused-ring (bicyclic) bond motifs is 1. The first-order valence-electron chi connectivity index (χ1n) is 5.32. The van der Waals surface area contributed by atoms with Gasteiger partial charge in [0, 0.05) is 0 Å². The molecule has 0 amide bonds. The third-order valence-corrected chi connectivity index (χ3v) is 2.46. The third-order valence-electron chi connectivity index (χ3n) is 2.46. The summed E-state index contributed by atoms with van der Waals surface area (Å²) in [6, 6.07) is 5.96. The van der Waals surface area contributed by atoms with Gasteiger partial charge in [-0.25, -0.2) is 0 Å². The minimum Gasteiger partial charge on any atom is -0.486 e. The lowest BCUT2D eigenvalue weighted by Gasteiger charge is -2.19. The molecule has 0 bridgehead atoms. The van der Waals surface area contributed by atoms with Crippen molar-refractivity contribution in [2.45, 2.75) is 25.9 Å². The zero-order chi connectivity index (χ0) is 10.7. The predicted molar refractivity (Wildman–Crippen MR) is 57.4 cm³/mol. The summed E-state index contributed by atoms with van der Waals surface area (Å²) >= 11 is 0. The maximum Gasteiger partial charge on any atom is 0.161 e. The van der Waals surface area contributed by atoms with Crippen LogP contribution in [0.1, 0.15) is 18.9 Å². The molecule has 0 saturated carbocycles. The van der Waals surface area contributed by atoms with Crippen molar-refractivity contribution in [2.24, 2.45) is 0 Å². The summed E-state index contributed by atoms with van der Waals surface area (Å²) < 4.78 is 10.9. The second kappa shape index (κ2) is 4.53. The van der Waals surface area contributed by atoms with Crippen molar-refractivity contribution in [1.82, 2.24) is 0 Å². The first-order chi connectivity index (χ1) is 7.25. The van der Waals surface area contributed by atoms with Crippen LogP contribution in [0.15, 0.2) is 18.2 Å². The average Bonchev–Trinajstić information content (AvgIpc) is 2.26. The molecule has 1 N–H and O–H groups in total. The maximum absolute atomic E-state index is 9.20. The van der Waals surface area contributed by atoms with E-state index in [1.807, 2.05) is 18.2 Å². The zero-order valence-corrected chi connectivity index (χ0v) is 8.90. The molecule has 0 radical (unpaired) electrons. The van der Waals surface area contributed by atoms with Gasteiger partial charge in [-0.05, 0) is 37.5 Å². The summed E-state index contributed by atoms with van der Waals surface area (Å²) in [7, 11) is 0. The molecule has 1 aromatic rings. The molecule has 2 rings (SSSR count). The fourth-order valence-corrected chi connectivity index (χ4v) is 1.62. The molecule has 0 aromatic heterocycles. The van der Waals surface area contributed by atoms with Gasteiger partial charge in [0.1, 0.15) is 13.2 Å². The Labute approximate surface area is 89.6 Å². The highest BCUT2D eigenvalue weighted by atomic mass is 16.6. The quantitative estimate of drug-likeness (QED) is 0.822. The van der Waals surface area contributed by atoms with Gasteiger partial charge in [-0.2, -0.15) is 0 Å². The lowest BCUT2D eigenvalue weighted by Crippen LogP contribution is -2.15. The number of aliphatic hydroxyl groups excluding tert-OH is 1. The SMILES string of the molecule is CC(O)CCc1ccc2c(c1)OCCO2. The summed E-state index contributed by atoms with van der Waals surface area (Å²) in [4.78, 5) is 0. The van der Waals surface area contributed by atoms with Crippen molar-refractivity contribution >= 4 is 0 Å². The van der Waals surface area contributed by atoms with Crippen LogP contribution < -0.4 is 9.47 Å². The van der Waals surface area contributed by atoms with Crippen LogP contribution in [0.5, 0.6) is 11.5 Å². The van der Waals surface area contributed by atoms with E-state index in [1.54, 1.807) is 6.92 Å². The van der Waals surface area contributed by atoms with Crippen molar-refractivity contribution in [3.63, 3.8) is 0 Å². The third kappa shape index (κ3) is 2.63. The van der Waals surface area contributed by atoms with E-state index in [0.29, 0.717) is 13.2 Å². The zero-order valence-electron chi connectivity index (χ0n) is 8.90. The summed E-state index contributed by atoms with van der Waals surface area (Å²) in [5.74, 6) is 1.64. The van der Waals surface area contributed by atoms with Gasteiger partial charge < -0.3 is 14.6 Å². The van der Waals surface area contributed by atoms with Crippen molar-refractivity contribution in [2.75, 3.05) is 13.2 Å². The predicted octanol–water partition coefficient (Wildman–Crippen LogP) is 1.77. The monoisotopic (exact) mass is 208 g/mol. The Morgan fingerprint density at radius 3 is 2.73 bits per heavy atom. The maximum atomic E-state index is 9.20. The molecule has 0 fully saturated rings. The van der Waals surface area contributed by atoms with Crippen molar-refractivity contribution in [1.29, 1.82) is 0 Å². The Hall–Kier alpha value is -1.22. The van der Waals surface area contributed by atoms with Gasteiger partial charge in [-0.15, -0.1) is 0 Å². The van der Waals surface area contributed by atoms with Gasteiger partial charge in [-0.1, -0.05) is 6.07 Å². The fourth-order valence-electron chi connectivity index (χ4n) is 1.62. The number of ether oxygens (including phenoxy) is 2. The first-order valence-corrected chi connectivity index (χ1v) is 5.32. The Kier molecular flexibility index (Phi) is 3.11. The smallest absolute Gasteiger partial charge is 0.161 e. The van der Waals surface area contributed by atoms with Gasteiger partial charge in [0.25, 0.3) is 0 Å². The van der Waals surface area contributed by atoms with Gasteiger partial charge in [0.2, 0.25) is 0 Å². The van der Waals surface area contributed by atoms with E-state index in [1.165, 1.54) is 5.56 Å². The second-order valence-corrected chi connectivity index (χ2v) is 3.87. The number of benzene rings is 1. The first kappa shape index (κ1) is 10.3. The van der Waals surface area contributed by atoms with E-state index >= 15 is 0 Å². The summed E-state index contributed by atoms with van der Waals surface area (Å²) in [6.07, 6.45) is 1.40. The summed E-state index contributed by atoms with van der Waals surface area (Å²) in [6.45, 7) is 3.05. The largest absolute Gasteiger partial charge is 0.486 e. The van der Waals surface area contributed by atoms with Crippen LogP contribution in [0.25, 0.3) is 0 Å². The van der Waals surface area contributed by atoms with Gasteiger partial charge >= 0.3 is 0 Å². The highest BCUT2D eigenvalue weighted by molar-refractivity contribution is 5.43. The minimum absolute atomic E-state index is 0.252. The molecule has 1 atom stereocenters. The average molecular weight is 208 g/mol. The molecule has 0 saturated heterocycles. The van der Waals surface area contributed by atoms with Crippen LogP contribution in [-0.4, -0.2) is 24.4 Å². The highest BCUT2D eigenvalue weighted by Crippen LogP contribution is 2.31. The lowest BCUT2D eigenvalue weighted by atomic mass is 10.1. The molecule has 1 aromatic carbocycles. The minimum atomic E-state index is -0.252. The molecule has 1 unspecified atom stereocenters. The fraction of sp³-hybridized carbons (Fsp3) is 0.500. The van der Waals surface area contributed by atoms with E-state index < -0.39 is 0 Å². The van der Waals surface area contributed by atoms with Gasteiger partial charge in [0.05, 0.1) is 6.10 Å². The molecule has 0 spiro atoms. The van der Waals surface area contributed by atoms with Crippen molar-refractivity contribution in [3.05, 3.63) is 23.8 Å². The second-order valence-electron chi connectivity index (χ2n) is 3.87. The number of hydrogen-bond acceptors (Lipinski definition) is 3. The molecule has 1 aliphatic heterocycles. The Morgan fingerprint density at radius 2 is 2.00 bits per heavy atom. The lowest BCUT2D eigenvalue weighted by molar-refractivity contribution is 0.171. The van der Waals surface area contributed by atoms with Crippen LogP contribution in [0.3, 0.4) is 0 Å². The molecule has 0 aliphatic carbocycles. The Bertz CT molecular complexity index is 334. The van der Waals surface area contributed by atoms with E-state index in [-0.39, 0.29) is 6.10 Å². The Morgan fingerprint density at radius 1 is 1.27 bits per heavy atom. The Balaban J connectivity index is 2.07. The molecule has 1 aliphatic rings. The molecular formula is C12H16O3. The molecule has 82 valence electrons. The van der Waals surface area contributed by atoms with E-state index in [4.69, 9.17) is 9.47 Å². The van der Waals surface area contributed by atoms with Crippen molar-refractivity contribution < 1.29 is 14.6 Å². The molecular weight excluding hydrogens is 192 g/mol. The molecule has 1 heterocycles. The standard InChI is InChI=1S/C12H16O3/c1-9(13)2-3-10-4-5-11-12(8-10)15-7-6-14-11/h4-5,8-9,13H,2-3,6-7H2,1H3. The number of aliphatic hydroxyl groups is 1. The molecule has 15 heavy (non-hydrogen) atoms. The van der Waals surface area contributed by atoms with Crippen molar-refractivity contribution in [3.8, 4) is 11.5 Å². The van der Waals surface area contributed by atoms with E-state index in [9.17, 15) is 5.11 Å². The van der Waals surface area contributed by atoms with Gasteiger partial charge in [0.15, 0.2) is 11.5 Å². The van der Waals surface area contributed by atoms with E-state index in [0.717, 1.165) is 24.3 Å². The summed E-state index contributed by atoms with van der Waals surface area (Å²) in [5.41, 5.74) is 1.18. The van der Waals surface area contributed by atoms with Crippen LogP contribution >= 0.6 is 0 Å². The highest BCUT2D eigenvalue weighted by Gasteiger charge is 2.11. The molecule has 3 nitrogen and oxygen atoms in total.